The number of hydrogen-bond donors (Lipinski definition) is 2. The average molecular weight is 278 g/mol. The van der Waals surface area contributed by atoms with Gasteiger partial charge in [0.2, 0.25) is 5.91 Å². The zero-order valence-corrected chi connectivity index (χ0v) is 11.2. The lowest BCUT2D eigenvalue weighted by molar-refractivity contribution is -0.139. The highest BCUT2D eigenvalue weighted by molar-refractivity contribution is 5.92. The minimum atomic E-state index is -0.984. The molecule has 1 amide bonds. The fourth-order valence-electron chi connectivity index (χ4n) is 1.82. The van der Waals surface area contributed by atoms with Crippen LogP contribution in [0.2, 0.25) is 0 Å². The van der Waals surface area contributed by atoms with Crippen molar-refractivity contribution >= 4 is 17.6 Å². The van der Waals surface area contributed by atoms with Crippen LogP contribution in [0.25, 0.3) is 0 Å². The lowest BCUT2D eigenvalue weighted by Gasteiger charge is -2.21. The van der Waals surface area contributed by atoms with Crippen molar-refractivity contribution in [2.24, 2.45) is 5.41 Å². The van der Waals surface area contributed by atoms with E-state index in [1.807, 2.05) is 0 Å². The average Bonchev–Trinajstić information content (AvgIpc) is 2.28. The predicted molar refractivity (Wildman–Crippen MR) is 70.4 cm³/mol. The maximum Gasteiger partial charge on any atom is 0.303 e. The summed E-state index contributed by atoms with van der Waals surface area (Å²) in [7, 11) is 0. The summed E-state index contributed by atoms with van der Waals surface area (Å²) < 4.78 is 13.0. The first kappa shape index (κ1) is 15.6. The highest BCUT2D eigenvalue weighted by Gasteiger charge is 2.25. The van der Waals surface area contributed by atoms with Gasteiger partial charge in [0.1, 0.15) is 11.9 Å². The third-order valence-electron chi connectivity index (χ3n) is 2.65. The molecule has 1 aromatic carbocycles. The Morgan fingerprint density at radius 3 is 2.60 bits per heavy atom. The van der Waals surface area contributed by atoms with Crippen LogP contribution in [-0.2, 0) is 9.59 Å². The van der Waals surface area contributed by atoms with E-state index in [-0.39, 0.29) is 24.1 Å². The highest BCUT2D eigenvalue weighted by atomic mass is 19.1. The lowest BCUT2D eigenvalue weighted by atomic mass is 9.85. The zero-order chi connectivity index (χ0) is 15.3. The molecule has 1 aromatic rings. The van der Waals surface area contributed by atoms with Crippen LogP contribution in [0.4, 0.5) is 10.1 Å². The number of aliphatic carboxylic acids is 1. The Morgan fingerprint density at radius 1 is 1.40 bits per heavy atom. The van der Waals surface area contributed by atoms with E-state index in [0.717, 1.165) is 12.1 Å². The predicted octanol–water partition coefficient (Wildman–Crippen LogP) is 2.53. The van der Waals surface area contributed by atoms with Gasteiger partial charge in [-0.05, 0) is 23.6 Å². The van der Waals surface area contributed by atoms with Gasteiger partial charge in [-0.1, -0.05) is 13.8 Å². The molecular formula is C14H15FN2O3. The third kappa shape index (κ3) is 4.69. The summed E-state index contributed by atoms with van der Waals surface area (Å²) in [4.78, 5) is 22.5. The van der Waals surface area contributed by atoms with Crippen LogP contribution in [0.15, 0.2) is 18.2 Å². The van der Waals surface area contributed by atoms with Gasteiger partial charge in [0.25, 0.3) is 0 Å². The molecule has 5 nitrogen and oxygen atoms in total. The van der Waals surface area contributed by atoms with Crippen molar-refractivity contribution in [3.05, 3.63) is 29.6 Å². The molecule has 0 radical (unpaired) electrons. The van der Waals surface area contributed by atoms with Gasteiger partial charge < -0.3 is 10.4 Å². The van der Waals surface area contributed by atoms with Gasteiger partial charge in [0, 0.05) is 6.42 Å². The maximum atomic E-state index is 13.0. The first-order valence-electron chi connectivity index (χ1n) is 5.95. The Hall–Kier alpha value is -2.42. The number of carbonyl (C=O) groups excluding carboxylic acids is 1. The summed E-state index contributed by atoms with van der Waals surface area (Å²) in [5, 5.41) is 20.1. The van der Waals surface area contributed by atoms with E-state index in [1.165, 1.54) is 6.07 Å². The molecule has 0 spiro atoms. The molecule has 0 fully saturated rings. The molecule has 0 saturated carbocycles. The Morgan fingerprint density at radius 2 is 2.05 bits per heavy atom. The van der Waals surface area contributed by atoms with Gasteiger partial charge >= 0.3 is 5.97 Å². The van der Waals surface area contributed by atoms with Crippen LogP contribution >= 0.6 is 0 Å². The molecule has 20 heavy (non-hydrogen) atoms. The second-order valence-electron chi connectivity index (χ2n) is 5.26. The zero-order valence-electron chi connectivity index (χ0n) is 11.2. The molecule has 0 aliphatic carbocycles. The van der Waals surface area contributed by atoms with Crippen molar-refractivity contribution in [1.29, 1.82) is 5.26 Å². The van der Waals surface area contributed by atoms with E-state index >= 15 is 0 Å². The van der Waals surface area contributed by atoms with Crippen molar-refractivity contribution in [3.63, 3.8) is 0 Å². The SMILES string of the molecule is CC(C)(CC(=O)O)CC(=O)Nc1ccc(F)cc1C#N. The molecule has 0 aromatic heterocycles. The smallest absolute Gasteiger partial charge is 0.303 e. The van der Waals surface area contributed by atoms with Crippen molar-refractivity contribution in [3.8, 4) is 6.07 Å². The first-order valence-corrected chi connectivity index (χ1v) is 5.95. The normalized spacial score (nSPS) is 10.7. The van der Waals surface area contributed by atoms with Crippen LogP contribution in [0.3, 0.4) is 0 Å². The number of anilines is 1. The third-order valence-corrected chi connectivity index (χ3v) is 2.65. The van der Waals surface area contributed by atoms with Gasteiger partial charge in [-0.15, -0.1) is 0 Å². The molecule has 2 N–H and O–H groups in total. The molecule has 0 saturated heterocycles. The molecule has 0 atom stereocenters. The second kappa shape index (κ2) is 6.15. The molecule has 0 aliphatic rings. The van der Waals surface area contributed by atoms with E-state index < -0.39 is 23.1 Å². The lowest BCUT2D eigenvalue weighted by Crippen LogP contribution is -2.25. The number of carboxylic acids is 1. The fraction of sp³-hybridized carbons (Fsp3) is 0.357. The molecule has 0 unspecified atom stereocenters. The molecule has 106 valence electrons. The number of amides is 1. The fourth-order valence-corrected chi connectivity index (χ4v) is 1.82. The molecule has 6 heteroatoms. The number of benzene rings is 1. The molecule has 0 heterocycles. The summed E-state index contributed by atoms with van der Waals surface area (Å²) in [6, 6.07) is 5.25. The van der Waals surface area contributed by atoms with E-state index in [1.54, 1.807) is 19.9 Å². The minimum absolute atomic E-state index is 0.0124. The number of carboxylic acid groups (broad SMARTS) is 1. The van der Waals surface area contributed by atoms with Gasteiger partial charge in [-0.2, -0.15) is 5.26 Å². The highest BCUT2D eigenvalue weighted by Crippen LogP contribution is 2.26. The van der Waals surface area contributed by atoms with Crippen molar-refractivity contribution in [2.45, 2.75) is 26.7 Å². The summed E-state index contributed by atoms with van der Waals surface area (Å²) >= 11 is 0. The van der Waals surface area contributed by atoms with Gasteiger partial charge in [0.05, 0.1) is 17.7 Å². The largest absolute Gasteiger partial charge is 0.481 e. The Bertz CT molecular complexity index is 576. The van der Waals surface area contributed by atoms with Crippen LogP contribution in [0.5, 0.6) is 0 Å². The van der Waals surface area contributed by atoms with Gasteiger partial charge in [0.15, 0.2) is 0 Å². The molecule has 0 aliphatic heterocycles. The summed E-state index contributed by atoms with van der Waals surface area (Å²) in [5.74, 6) is -1.97. The van der Waals surface area contributed by atoms with Crippen LogP contribution in [0.1, 0.15) is 32.3 Å². The quantitative estimate of drug-likeness (QED) is 0.865. The van der Waals surface area contributed by atoms with Crippen LogP contribution in [0, 0.1) is 22.6 Å². The number of carbonyl (C=O) groups is 2. The Balaban J connectivity index is 2.77. The monoisotopic (exact) mass is 278 g/mol. The van der Waals surface area contributed by atoms with E-state index in [0.29, 0.717) is 0 Å². The number of rotatable bonds is 5. The Kier molecular flexibility index (Phi) is 4.81. The van der Waals surface area contributed by atoms with Crippen LogP contribution in [-0.4, -0.2) is 17.0 Å². The number of nitrogens with zero attached hydrogens (tertiary/aromatic N) is 1. The summed E-state index contributed by atoms with van der Waals surface area (Å²) in [6.45, 7) is 3.33. The maximum absolute atomic E-state index is 13.0. The number of halogens is 1. The van der Waals surface area contributed by atoms with E-state index in [4.69, 9.17) is 10.4 Å². The topological polar surface area (TPSA) is 90.2 Å². The number of nitriles is 1. The van der Waals surface area contributed by atoms with Crippen molar-refractivity contribution in [2.75, 3.05) is 5.32 Å². The van der Waals surface area contributed by atoms with Crippen LogP contribution < -0.4 is 5.32 Å². The van der Waals surface area contributed by atoms with Gasteiger partial charge in [-0.25, -0.2) is 4.39 Å². The van der Waals surface area contributed by atoms with Crippen molar-refractivity contribution < 1.29 is 19.1 Å². The minimum Gasteiger partial charge on any atom is -0.481 e. The summed E-state index contributed by atoms with van der Waals surface area (Å²) in [5.41, 5.74) is -0.470. The number of hydrogen-bond acceptors (Lipinski definition) is 3. The second-order valence-corrected chi connectivity index (χ2v) is 5.26. The molecule has 1 rings (SSSR count). The summed E-state index contributed by atoms with van der Waals surface area (Å²) in [6.07, 6.45) is -0.156. The Labute approximate surface area is 116 Å². The standard InChI is InChI=1S/C14H15FN2O3/c1-14(2,7-13(19)20)6-12(18)17-11-4-3-10(15)5-9(11)8-16/h3-5H,6-7H2,1-2H3,(H,17,18)(H,19,20). The molecular weight excluding hydrogens is 263 g/mol. The first-order chi connectivity index (χ1) is 9.23. The van der Waals surface area contributed by atoms with Crippen molar-refractivity contribution in [1.82, 2.24) is 0 Å². The van der Waals surface area contributed by atoms with Gasteiger partial charge in [-0.3, -0.25) is 9.59 Å². The number of nitrogens with one attached hydrogen (secondary N) is 1. The van der Waals surface area contributed by atoms with E-state index in [9.17, 15) is 14.0 Å². The van der Waals surface area contributed by atoms with E-state index in [2.05, 4.69) is 5.32 Å². The molecule has 0 bridgehead atoms.